The van der Waals surface area contributed by atoms with Crippen LogP contribution < -0.4 is 0 Å². The minimum atomic E-state index is 0.0116. The van der Waals surface area contributed by atoms with Crippen molar-refractivity contribution in [3.8, 4) is 0 Å². The second kappa shape index (κ2) is 6.64. The first-order valence-electron chi connectivity index (χ1n) is 8.49. The largest absolute Gasteiger partial charge is 0.338 e. The Morgan fingerprint density at radius 2 is 2.17 bits per heavy atom. The highest BCUT2D eigenvalue weighted by molar-refractivity contribution is 5.76. The van der Waals surface area contributed by atoms with Crippen LogP contribution in [-0.4, -0.2) is 44.7 Å². The van der Waals surface area contributed by atoms with Gasteiger partial charge in [0.2, 0.25) is 11.8 Å². The third-order valence-electron chi connectivity index (χ3n) is 4.72. The van der Waals surface area contributed by atoms with Crippen LogP contribution in [0.1, 0.15) is 62.7 Å². The van der Waals surface area contributed by atoms with E-state index in [0.29, 0.717) is 13.0 Å². The van der Waals surface area contributed by atoms with Crippen molar-refractivity contribution in [2.45, 2.75) is 58.5 Å². The number of hydrogen-bond acceptors (Lipinski definition) is 4. The molecule has 0 saturated carbocycles. The van der Waals surface area contributed by atoms with Gasteiger partial charge in [-0.2, -0.15) is 0 Å². The number of likely N-dealkylation sites (tertiary alicyclic amines) is 1. The minimum absolute atomic E-state index is 0.0116. The van der Waals surface area contributed by atoms with Gasteiger partial charge in [-0.05, 0) is 19.3 Å². The molecule has 1 fully saturated rings. The van der Waals surface area contributed by atoms with Crippen LogP contribution in [0.3, 0.4) is 0 Å². The summed E-state index contributed by atoms with van der Waals surface area (Å²) >= 11 is 0. The van der Waals surface area contributed by atoms with Crippen molar-refractivity contribution in [1.82, 2.24) is 19.8 Å². The van der Waals surface area contributed by atoms with Crippen molar-refractivity contribution >= 4 is 11.8 Å². The van der Waals surface area contributed by atoms with Crippen LogP contribution >= 0.6 is 0 Å². The van der Waals surface area contributed by atoms with E-state index >= 15 is 0 Å². The van der Waals surface area contributed by atoms with Crippen LogP contribution in [0.5, 0.6) is 0 Å². The Balaban J connectivity index is 1.77. The fraction of sp³-hybridized carbons (Fsp3) is 0.647. The normalized spacial score (nSPS) is 20.5. The summed E-state index contributed by atoms with van der Waals surface area (Å²) in [5.41, 5.74) is 2.07. The molecule has 2 aliphatic rings. The first-order valence-corrected chi connectivity index (χ1v) is 8.49. The van der Waals surface area contributed by atoms with Gasteiger partial charge in [-0.15, -0.1) is 0 Å². The van der Waals surface area contributed by atoms with Gasteiger partial charge in [0, 0.05) is 51.2 Å². The SMILES string of the molecule is CCCC(=O)N1CCc2nc(C3CCCN3C(C)=O)ncc2C1. The Morgan fingerprint density at radius 3 is 2.91 bits per heavy atom. The van der Waals surface area contributed by atoms with Crippen molar-refractivity contribution in [2.24, 2.45) is 0 Å². The number of aromatic nitrogens is 2. The van der Waals surface area contributed by atoms with Gasteiger partial charge >= 0.3 is 0 Å². The van der Waals surface area contributed by atoms with Crippen molar-refractivity contribution in [3.05, 3.63) is 23.3 Å². The van der Waals surface area contributed by atoms with E-state index in [9.17, 15) is 9.59 Å². The Bertz CT molecular complexity index is 617. The van der Waals surface area contributed by atoms with Gasteiger partial charge in [0.05, 0.1) is 11.7 Å². The van der Waals surface area contributed by atoms with Gasteiger partial charge in [-0.3, -0.25) is 9.59 Å². The molecule has 2 aliphatic heterocycles. The zero-order chi connectivity index (χ0) is 16.4. The van der Waals surface area contributed by atoms with Gasteiger partial charge in [-0.25, -0.2) is 9.97 Å². The fourth-order valence-corrected chi connectivity index (χ4v) is 3.49. The summed E-state index contributed by atoms with van der Waals surface area (Å²) < 4.78 is 0. The molecule has 3 heterocycles. The summed E-state index contributed by atoms with van der Waals surface area (Å²) in [5.74, 6) is 1.05. The van der Waals surface area contributed by atoms with E-state index in [0.717, 1.165) is 55.9 Å². The predicted molar refractivity (Wildman–Crippen MR) is 85.4 cm³/mol. The van der Waals surface area contributed by atoms with Gasteiger partial charge in [0.25, 0.3) is 0 Å². The van der Waals surface area contributed by atoms with Crippen molar-refractivity contribution in [3.63, 3.8) is 0 Å². The molecule has 0 aromatic carbocycles. The zero-order valence-electron chi connectivity index (χ0n) is 13.9. The number of rotatable bonds is 3. The summed E-state index contributed by atoms with van der Waals surface area (Å²) in [6, 6.07) is 0.0116. The average molecular weight is 316 g/mol. The lowest BCUT2D eigenvalue weighted by Gasteiger charge is -2.29. The number of fused-ring (bicyclic) bond motifs is 1. The molecule has 0 N–H and O–H groups in total. The Labute approximate surface area is 136 Å². The summed E-state index contributed by atoms with van der Waals surface area (Å²) in [6.45, 7) is 5.75. The van der Waals surface area contributed by atoms with Crippen molar-refractivity contribution in [2.75, 3.05) is 13.1 Å². The van der Waals surface area contributed by atoms with Crippen molar-refractivity contribution in [1.29, 1.82) is 0 Å². The monoisotopic (exact) mass is 316 g/mol. The van der Waals surface area contributed by atoms with E-state index in [1.165, 1.54) is 0 Å². The molecule has 0 bridgehead atoms. The quantitative estimate of drug-likeness (QED) is 0.853. The first-order chi connectivity index (χ1) is 11.1. The van der Waals surface area contributed by atoms with E-state index in [2.05, 4.69) is 4.98 Å². The van der Waals surface area contributed by atoms with Crippen LogP contribution in [0.25, 0.3) is 0 Å². The molecule has 1 unspecified atom stereocenters. The second-order valence-electron chi connectivity index (χ2n) is 6.39. The van der Waals surface area contributed by atoms with Crippen LogP contribution in [-0.2, 0) is 22.6 Å². The van der Waals surface area contributed by atoms with Gasteiger partial charge in [0.15, 0.2) is 5.82 Å². The van der Waals surface area contributed by atoms with E-state index in [-0.39, 0.29) is 17.9 Å². The fourth-order valence-electron chi connectivity index (χ4n) is 3.49. The maximum atomic E-state index is 12.0. The Hall–Kier alpha value is -1.98. The zero-order valence-corrected chi connectivity index (χ0v) is 13.9. The topological polar surface area (TPSA) is 66.4 Å². The lowest BCUT2D eigenvalue weighted by molar-refractivity contribution is -0.132. The summed E-state index contributed by atoms with van der Waals surface area (Å²) in [6.07, 6.45) is 6.03. The molecular formula is C17H24N4O2. The molecule has 1 aromatic heterocycles. The summed E-state index contributed by atoms with van der Waals surface area (Å²) in [4.78, 5) is 36.8. The Kier molecular flexibility index (Phi) is 4.59. The summed E-state index contributed by atoms with van der Waals surface area (Å²) in [7, 11) is 0. The lowest BCUT2D eigenvalue weighted by Crippen LogP contribution is -2.37. The Morgan fingerprint density at radius 1 is 1.35 bits per heavy atom. The van der Waals surface area contributed by atoms with Gasteiger partial charge in [-0.1, -0.05) is 6.92 Å². The van der Waals surface area contributed by atoms with Crippen LogP contribution in [0.15, 0.2) is 6.20 Å². The maximum Gasteiger partial charge on any atom is 0.222 e. The molecule has 1 atom stereocenters. The minimum Gasteiger partial charge on any atom is -0.338 e. The van der Waals surface area contributed by atoms with Gasteiger partial charge in [0.1, 0.15) is 0 Å². The number of amides is 2. The van der Waals surface area contributed by atoms with Crippen LogP contribution in [0, 0.1) is 0 Å². The second-order valence-corrected chi connectivity index (χ2v) is 6.39. The molecule has 1 saturated heterocycles. The molecule has 0 spiro atoms. The molecule has 6 heteroatoms. The number of carbonyl (C=O) groups is 2. The van der Waals surface area contributed by atoms with E-state index in [1.54, 1.807) is 6.92 Å². The molecule has 124 valence electrons. The molecule has 0 radical (unpaired) electrons. The highest BCUT2D eigenvalue weighted by Gasteiger charge is 2.31. The average Bonchev–Trinajstić information content (AvgIpc) is 3.04. The van der Waals surface area contributed by atoms with E-state index in [4.69, 9.17) is 4.98 Å². The number of nitrogens with zero attached hydrogens (tertiary/aromatic N) is 4. The third kappa shape index (κ3) is 3.21. The third-order valence-corrected chi connectivity index (χ3v) is 4.72. The lowest BCUT2D eigenvalue weighted by atomic mass is 10.1. The number of carbonyl (C=O) groups excluding carboxylic acids is 2. The molecule has 6 nitrogen and oxygen atoms in total. The van der Waals surface area contributed by atoms with Crippen molar-refractivity contribution < 1.29 is 9.59 Å². The molecule has 0 aliphatic carbocycles. The summed E-state index contributed by atoms with van der Waals surface area (Å²) in [5, 5.41) is 0. The maximum absolute atomic E-state index is 12.0. The molecule has 23 heavy (non-hydrogen) atoms. The molecule has 1 aromatic rings. The smallest absolute Gasteiger partial charge is 0.222 e. The first kappa shape index (κ1) is 15.9. The standard InChI is InChI=1S/C17H24N4O2/c1-3-5-16(23)20-9-7-14-13(11-20)10-18-17(19-14)15-6-4-8-21(15)12(2)22/h10,15H,3-9,11H2,1-2H3. The predicted octanol–water partition coefficient (Wildman–Crippen LogP) is 1.84. The van der Waals surface area contributed by atoms with Crippen LogP contribution in [0.2, 0.25) is 0 Å². The molecule has 3 rings (SSSR count). The van der Waals surface area contributed by atoms with Crippen LogP contribution in [0.4, 0.5) is 0 Å². The van der Waals surface area contributed by atoms with Gasteiger partial charge < -0.3 is 9.80 Å². The van der Waals surface area contributed by atoms with E-state index < -0.39 is 0 Å². The molecule has 2 amide bonds. The number of hydrogen-bond donors (Lipinski definition) is 0. The highest BCUT2D eigenvalue weighted by Crippen LogP contribution is 2.30. The highest BCUT2D eigenvalue weighted by atomic mass is 16.2. The van der Waals surface area contributed by atoms with E-state index in [1.807, 2.05) is 22.9 Å². The molecular weight excluding hydrogens is 292 g/mol.